The van der Waals surface area contributed by atoms with E-state index >= 15 is 0 Å². The minimum Gasteiger partial charge on any atom is -0.382 e. The predicted molar refractivity (Wildman–Crippen MR) is 76.6 cm³/mol. The maximum absolute atomic E-state index is 12.0. The van der Waals surface area contributed by atoms with Gasteiger partial charge in [0.2, 0.25) is 0 Å². The van der Waals surface area contributed by atoms with Crippen LogP contribution < -0.4 is 16.4 Å². The first-order valence-electron chi connectivity index (χ1n) is 6.44. The minimum absolute atomic E-state index is 0.0225. The van der Waals surface area contributed by atoms with Crippen LogP contribution in [0.1, 0.15) is 35.9 Å². The van der Waals surface area contributed by atoms with E-state index in [0.29, 0.717) is 17.5 Å². The van der Waals surface area contributed by atoms with Crippen molar-refractivity contribution in [3.63, 3.8) is 0 Å². The molecule has 0 radical (unpaired) electrons. The topological polar surface area (TPSA) is 89.3 Å². The van der Waals surface area contributed by atoms with E-state index in [-0.39, 0.29) is 17.8 Å². The lowest BCUT2D eigenvalue weighted by Gasteiger charge is -2.25. The van der Waals surface area contributed by atoms with Gasteiger partial charge in [-0.1, -0.05) is 11.3 Å². The summed E-state index contributed by atoms with van der Waals surface area (Å²) in [6.07, 6.45) is 3.55. The lowest BCUT2D eigenvalue weighted by molar-refractivity contribution is 0.0874. The second-order valence-corrected chi connectivity index (χ2v) is 5.76. The molecule has 1 saturated carbocycles. The second-order valence-electron chi connectivity index (χ2n) is 4.76. The van der Waals surface area contributed by atoms with Crippen molar-refractivity contribution in [2.24, 2.45) is 0 Å². The summed E-state index contributed by atoms with van der Waals surface area (Å²) in [6, 6.07) is 0.481. The summed E-state index contributed by atoms with van der Waals surface area (Å²) in [6.45, 7) is 2.35. The molecule has 0 aliphatic heterocycles. The van der Waals surface area contributed by atoms with Gasteiger partial charge in [0.25, 0.3) is 5.91 Å². The Balaban J connectivity index is 1.92. The summed E-state index contributed by atoms with van der Waals surface area (Å²) in [5.41, 5.74) is 5.78. The standard InChI is InChI=1S/C12H20N4O2S/c1-7(18-2)6-14-11(17)9-10(13)16-12(19-9)15-8-4-3-5-8/h7-8H,3-6,13H2,1-2H3,(H,14,17)(H,15,16). The average molecular weight is 284 g/mol. The number of rotatable bonds is 6. The number of nitrogen functional groups attached to an aromatic ring is 1. The first-order valence-corrected chi connectivity index (χ1v) is 7.25. The normalized spacial score (nSPS) is 16.7. The Kier molecular flexibility index (Phi) is 4.60. The molecule has 0 bridgehead atoms. The Bertz CT molecular complexity index is 445. The third kappa shape index (κ3) is 3.57. The molecule has 4 N–H and O–H groups in total. The van der Waals surface area contributed by atoms with Crippen molar-refractivity contribution in [3.05, 3.63) is 4.88 Å². The Morgan fingerprint density at radius 2 is 2.37 bits per heavy atom. The molecule has 106 valence electrons. The number of nitrogens with one attached hydrogen (secondary N) is 2. The van der Waals surface area contributed by atoms with Crippen LogP contribution in [0.4, 0.5) is 10.9 Å². The largest absolute Gasteiger partial charge is 0.382 e. The van der Waals surface area contributed by atoms with Crippen LogP contribution in [0.3, 0.4) is 0 Å². The molecule has 1 fully saturated rings. The Morgan fingerprint density at radius 1 is 1.63 bits per heavy atom. The summed E-state index contributed by atoms with van der Waals surface area (Å²) in [4.78, 5) is 16.6. The van der Waals surface area contributed by atoms with E-state index < -0.39 is 0 Å². The summed E-state index contributed by atoms with van der Waals surface area (Å²) >= 11 is 1.30. The molecule has 0 spiro atoms. The molecule has 1 amide bonds. The molecule has 6 nitrogen and oxygen atoms in total. The maximum atomic E-state index is 12.0. The van der Waals surface area contributed by atoms with Crippen LogP contribution in [0.2, 0.25) is 0 Å². The number of hydrogen-bond acceptors (Lipinski definition) is 6. The van der Waals surface area contributed by atoms with E-state index in [0.717, 1.165) is 18.0 Å². The summed E-state index contributed by atoms with van der Waals surface area (Å²) in [5, 5.41) is 6.81. The van der Waals surface area contributed by atoms with Crippen molar-refractivity contribution in [2.75, 3.05) is 24.7 Å². The van der Waals surface area contributed by atoms with Gasteiger partial charge in [0.15, 0.2) is 5.13 Å². The Morgan fingerprint density at radius 3 is 2.95 bits per heavy atom. The maximum Gasteiger partial charge on any atom is 0.265 e. The molecule has 19 heavy (non-hydrogen) atoms. The van der Waals surface area contributed by atoms with Crippen molar-refractivity contribution in [1.82, 2.24) is 10.3 Å². The number of carbonyl (C=O) groups excluding carboxylic acids is 1. The van der Waals surface area contributed by atoms with E-state index in [9.17, 15) is 4.79 Å². The van der Waals surface area contributed by atoms with Crippen LogP contribution in [0.25, 0.3) is 0 Å². The zero-order valence-corrected chi connectivity index (χ0v) is 12.0. The Hall–Kier alpha value is -1.34. The number of amides is 1. The number of nitrogens with zero attached hydrogens (tertiary/aromatic N) is 1. The van der Waals surface area contributed by atoms with Crippen LogP contribution in [0, 0.1) is 0 Å². The number of ether oxygens (including phenoxy) is 1. The molecule has 1 heterocycles. The highest BCUT2D eigenvalue weighted by Crippen LogP contribution is 2.29. The van der Waals surface area contributed by atoms with Gasteiger partial charge in [0.1, 0.15) is 10.7 Å². The lowest BCUT2D eigenvalue weighted by Crippen LogP contribution is -2.31. The third-order valence-electron chi connectivity index (χ3n) is 3.24. The van der Waals surface area contributed by atoms with Crippen molar-refractivity contribution < 1.29 is 9.53 Å². The van der Waals surface area contributed by atoms with E-state index in [2.05, 4.69) is 15.6 Å². The van der Waals surface area contributed by atoms with Gasteiger partial charge in [-0.2, -0.15) is 0 Å². The average Bonchev–Trinajstić information content (AvgIpc) is 2.71. The molecule has 1 aliphatic carbocycles. The minimum atomic E-state index is -0.194. The number of aromatic nitrogens is 1. The highest BCUT2D eigenvalue weighted by atomic mass is 32.1. The smallest absolute Gasteiger partial charge is 0.265 e. The zero-order chi connectivity index (χ0) is 13.8. The van der Waals surface area contributed by atoms with Crippen molar-refractivity contribution >= 4 is 28.2 Å². The van der Waals surface area contributed by atoms with Crippen LogP contribution in [0.15, 0.2) is 0 Å². The first-order chi connectivity index (χ1) is 9.10. The van der Waals surface area contributed by atoms with Gasteiger partial charge in [0.05, 0.1) is 6.10 Å². The van der Waals surface area contributed by atoms with Gasteiger partial charge in [-0.3, -0.25) is 4.79 Å². The van der Waals surface area contributed by atoms with Gasteiger partial charge < -0.3 is 21.1 Å². The van der Waals surface area contributed by atoms with E-state index in [1.807, 2.05) is 6.92 Å². The highest BCUT2D eigenvalue weighted by Gasteiger charge is 2.21. The van der Waals surface area contributed by atoms with Gasteiger partial charge in [-0.25, -0.2) is 4.98 Å². The number of methoxy groups -OCH3 is 1. The number of hydrogen-bond donors (Lipinski definition) is 3. The van der Waals surface area contributed by atoms with Crippen molar-refractivity contribution in [1.29, 1.82) is 0 Å². The molecular formula is C12H20N4O2S. The van der Waals surface area contributed by atoms with Gasteiger partial charge in [-0.05, 0) is 26.2 Å². The SMILES string of the molecule is COC(C)CNC(=O)c1sc(NC2CCC2)nc1N. The zero-order valence-electron chi connectivity index (χ0n) is 11.2. The third-order valence-corrected chi connectivity index (χ3v) is 4.25. The van der Waals surface area contributed by atoms with E-state index in [1.54, 1.807) is 7.11 Å². The molecule has 2 rings (SSSR count). The van der Waals surface area contributed by atoms with Crippen LogP contribution in [-0.2, 0) is 4.74 Å². The predicted octanol–water partition coefficient (Wildman–Crippen LogP) is 1.45. The number of thiazole rings is 1. The van der Waals surface area contributed by atoms with E-state index in [4.69, 9.17) is 10.5 Å². The second kappa shape index (κ2) is 6.21. The molecule has 1 atom stereocenters. The van der Waals surface area contributed by atoms with Crippen molar-refractivity contribution in [3.8, 4) is 0 Å². The summed E-state index contributed by atoms with van der Waals surface area (Å²) < 4.78 is 5.08. The quantitative estimate of drug-likeness (QED) is 0.736. The summed E-state index contributed by atoms with van der Waals surface area (Å²) in [5.74, 6) is 0.0925. The highest BCUT2D eigenvalue weighted by molar-refractivity contribution is 7.18. The number of anilines is 2. The van der Waals surface area contributed by atoms with Gasteiger partial charge >= 0.3 is 0 Å². The fourth-order valence-electron chi connectivity index (χ4n) is 1.68. The lowest BCUT2D eigenvalue weighted by atomic mass is 9.93. The summed E-state index contributed by atoms with van der Waals surface area (Å²) in [7, 11) is 1.61. The van der Waals surface area contributed by atoms with Crippen molar-refractivity contribution in [2.45, 2.75) is 38.3 Å². The number of nitrogens with two attached hydrogens (primary N) is 1. The molecular weight excluding hydrogens is 264 g/mol. The van der Waals surface area contributed by atoms with Gasteiger partial charge in [0, 0.05) is 19.7 Å². The molecule has 1 aromatic heterocycles. The molecule has 1 aliphatic rings. The van der Waals surface area contributed by atoms with Crippen LogP contribution >= 0.6 is 11.3 Å². The van der Waals surface area contributed by atoms with Crippen LogP contribution in [0.5, 0.6) is 0 Å². The van der Waals surface area contributed by atoms with Gasteiger partial charge in [-0.15, -0.1) is 0 Å². The van der Waals surface area contributed by atoms with E-state index in [1.165, 1.54) is 17.8 Å². The molecule has 0 saturated heterocycles. The Labute approximate surface area is 116 Å². The fourth-order valence-corrected chi connectivity index (χ4v) is 2.56. The molecule has 7 heteroatoms. The fraction of sp³-hybridized carbons (Fsp3) is 0.667. The monoisotopic (exact) mass is 284 g/mol. The molecule has 1 unspecified atom stereocenters. The first kappa shape index (κ1) is 14.1. The number of carbonyl (C=O) groups is 1. The molecule has 0 aromatic carbocycles. The van der Waals surface area contributed by atoms with Crippen LogP contribution in [-0.4, -0.2) is 36.7 Å². The molecule has 1 aromatic rings.